The minimum atomic E-state index is -0.483. The molecule has 116 valence electrons. The smallest absolute Gasteiger partial charge is 0.412 e. The Balaban J connectivity index is 1.86. The van der Waals surface area contributed by atoms with Crippen LogP contribution in [0.15, 0.2) is 24.3 Å². The van der Waals surface area contributed by atoms with E-state index in [-0.39, 0.29) is 0 Å². The van der Waals surface area contributed by atoms with E-state index < -0.39 is 11.7 Å². The first-order chi connectivity index (χ1) is 9.83. The summed E-state index contributed by atoms with van der Waals surface area (Å²) in [6.07, 6.45) is 2.27. The van der Waals surface area contributed by atoms with Gasteiger partial charge in [-0.05, 0) is 64.2 Å². The summed E-state index contributed by atoms with van der Waals surface area (Å²) in [5.74, 6) is 0.841. The van der Waals surface area contributed by atoms with E-state index in [1.807, 2.05) is 39.0 Å². The zero-order valence-corrected chi connectivity index (χ0v) is 13.4. The molecule has 4 heteroatoms. The van der Waals surface area contributed by atoms with Gasteiger partial charge in [-0.15, -0.1) is 0 Å². The summed E-state index contributed by atoms with van der Waals surface area (Å²) in [4.78, 5) is 11.8. The highest BCUT2D eigenvalue weighted by atomic mass is 16.6. The molecule has 0 radical (unpaired) electrons. The number of nitrogens with one attached hydrogen (secondary N) is 2. The monoisotopic (exact) mass is 290 g/mol. The van der Waals surface area contributed by atoms with Crippen LogP contribution in [-0.2, 0) is 11.3 Å². The SMILES string of the molecule is C[C@@H](NCc1cccc(NC(=O)OC(C)(C)C)c1)C1CC1. The van der Waals surface area contributed by atoms with Gasteiger partial charge < -0.3 is 10.1 Å². The molecule has 1 fully saturated rings. The fourth-order valence-electron chi connectivity index (χ4n) is 2.22. The lowest BCUT2D eigenvalue weighted by molar-refractivity contribution is 0.0636. The van der Waals surface area contributed by atoms with Crippen LogP contribution in [0.5, 0.6) is 0 Å². The molecule has 21 heavy (non-hydrogen) atoms. The minimum Gasteiger partial charge on any atom is -0.444 e. The van der Waals surface area contributed by atoms with Crippen molar-refractivity contribution in [3.05, 3.63) is 29.8 Å². The largest absolute Gasteiger partial charge is 0.444 e. The summed E-state index contributed by atoms with van der Waals surface area (Å²) >= 11 is 0. The first kappa shape index (κ1) is 15.8. The van der Waals surface area contributed by atoms with Crippen LogP contribution in [0.2, 0.25) is 0 Å². The molecule has 0 heterocycles. The van der Waals surface area contributed by atoms with E-state index in [1.165, 1.54) is 12.8 Å². The molecule has 2 rings (SSSR count). The van der Waals surface area contributed by atoms with Crippen LogP contribution in [0.4, 0.5) is 10.5 Å². The van der Waals surface area contributed by atoms with E-state index in [0.29, 0.717) is 6.04 Å². The van der Waals surface area contributed by atoms with Gasteiger partial charge in [-0.3, -0.25) is 5.32 Å². The van der Waals surface area contributed by atoms with E-state index in [2.05, 4.69) is 23.6 Å². The van der Waals surface area contributed by atoms with Gasteiger partial charge in [0, 0.05) is 18.3 Å². The molecule has 0 spiro atoms. The van der Waals surface area contributed by atoms with Gasteiger partial charge >= 0.3 is 6.09 Å². The number of hydrogen-bond donors (Lipinski definition) is 2. The third-order valence-corrected chi connectivity index (χ3v) is 3.53. The van der Waals surface area contributed by atoms with Gasteiger partial charge in [0.05, 0.1) is 0 Å². The molecule has 1 aromatic carbocycles. The Morgan fingerprint density at radius 1 is 1.38 bits per heavy atom. The average Bonchev–Trinajstić information content (AvgIpc) is 3.18. The highest BCUT2D eigenvalue weighted by Crippen LogP contribution is 2.32. The second kappa shape index (κ2) is 6.48. The number of benzene rings is 1. The van der Waals surface area contributed by atoms with E-state index in [0.717, 1.165) is 23.7 Å². The van der Waals surface area contributed by atoms with Gasteiger partial charge in [-0.25, -0.2) is 4.79 Å². The maximum Gasteiger partial charge on any atom is 0.412 e. The molecule has 1 amide bonds. The average molecular weight is 290 g/mol. The summed E-state index contributed by atoms with van der Waals surface area (Å²) < 4.78 is 5.25. The lowest BCUT2D eigenvalue weighted by atomic mass is 10.1. The number of ether oxygens (including phenoxy) is 1. The number of carbonyl (C=O) groups is 1. The van der Waals surface area contributed by atoms with Crippen molar-refractivity contribution in [2.45, 2.75) is 58.7 Å². The minimum absolute atomic E-state index is 0.418. The Morgan fingerprint density at radius 3 is 2.71 bits per heavy atom. The fraction of sp³-hybridized carbons (Fsp3) is 0.588. The molecule has 0 aromatic heterocycles. The van der Waals surface area contributed by atoms with Gasteiger partial charge in [0.1, 0.15) is 5.60 Å². The number of rotatable bonds is 5. The fourth-order valence-corrected chi connectivity index (χ4v) is 2.22. The third kappa shape index (κ3) is 5.76. The summed E-state index contributed by atoms with van der Waals surface area (Å²) in [6.45, 7) is 8.62. The Bertz CT molecular complexity index is 490. The summed E-state index contributed by atoms with van der Waals surface area (Å²) in [7, 11) is 0. The summed E-state index contributed by atoms with van der Waals surface area (Å²) in [5, 5.41) is 6.31. The Labute approximate surface area is 127 Å². The number of hydrogen-bond acceptors (Lipinski definition) is 3. The molecule has 1 aromatic rings. The van der Waals surface area contributed by atoms with Gasteiger partial charge in [0.2, 0.25) is 0 Å². The molecule has 1 aliphatic rings. The molecule has 0 unspecified atom stereocenters. The predicted octanol–water partition coefficient (Wildman–Crippen LogP) is 3.92. The van der Waals surface area contributed by atoms with E-state index in [4.69, 9.17) is 4.74 Å². The highest BCUT2D eigenvalue weighted by Gasteiger charge is 2.27. The molecule has 1 aliphatic carbocycles. The predicted molar refractivity (Wildman–Crippen MR) is 85.3 cm³/mol. The zero-order chi connectivity index (χ0) is 15.5. The van der Waals surface area contributed by atoms with Crippen molar-refractivity contribution in [2.75, 3.05) is 5.32 Å². The molecule has 0 saturated heterocycles. The van der Waals surface area contributed by atoms with Crippen LogP contribution in [-0.4, -0.2) is 17.7 Å². The quantitative estimate of drug-likeness (QED) is 0.864. The standard InChI is InChI=1S/C17H26N2O2/c1-12(14-8-9-14)18-11-13-6-5-7-15(10-13)19-16(20)21-17(2,3)4/h5-7,10,12,14,18H,8-9,11H2,1-4H3,(H,19,20)/t12-/m1/s1. The van der Waals surface area contributed by atoms with Gasteiger partial charge in [-0.1, -0.05) is 12.1 Å². The van der Waals surface area contributed by atoms with E-state index in [1.54, 1.807) is 0 Å². The van der Waals surface area contributed by atoms with Crippen molar-refractivity contribution in [1.29, 1.82) is 0 Å². The van der Waals surface area contributed by atoms with Crippen LogP contribution in [0.25, 0.3) is 0 Å². The number of anilines is 1. The van der Waals surface area contributed by atoms with E-state index >= 15 is 0 Å². The van der Waals surface area contributed by atoms with Gasteiger partial charge in [0.25, 0.3) is 0 Å². The van der Waals surface area contributed by atoms with Gasteiger partial charge in [0.15, 0.2) is 0 Å². The Hall–Kier alpha value is -1.55. The van der Waals surface area contributed by atoms with Crippen molar-refractivity contribution in [2.24, 2.45) is 5.92 Å². The zero-order valence-electron chi connectivity index (χ0n) is 13.4. The van der Waals surface area contributed by atoms with Crippen LogP contribution in [0.3, 0.4) is 0 Å². The van der Waals surface area contributed by atoms with Crippen LogP contribution in [0.1, 0.15) is 46.1 Å². The van der Waals surface area contributed by atoms with Crippen molar-refractivity contribution in [3.63, 3.8) is 0 Å². The molecular formula is C17H26N2O2. The van der Waals surface area contributed by atoms with Crippen molar-refractivity contribution < 1.29 is 9.53 Å². The van der Waals surface area contributed by atoms with Crippen LogP contribution < -0.4 is 10.6 Å². The summed E-state index contributed by atoms with van der Waals surface area (Å²) in [6, 6.07) is 8.43. The summed E-state index contributed by atoms with van der Waals surface area (Å²) in [5.41, 5.74) is 1.45. The maximum atomic E-state index is 11.8. The topological polar surface area (TPSA) is 50.4 Å². The molecule has 0 aliphatic heterocycles. The molecule has 4 nitrogen and oxygen atoms in total. The van der Waals surface area contributed by atoms with Crippen molar-refractivity contribution in [1.82, 2.24) is 5.32 Å². The first-order valence-corrected chi connectivity index (χ1v) is 7.66. The lowest BCUT2D eigenvalue weighted by Gasteiger charge is -2.20. The maximum absolute atomic E-state index is 11.8. The second-order valence-corrected chi connectivity index (χ2v) is 6.83. The second-order valence-electron chi connectivity index (χ2n) is 6.83. The molecule has 1 atom stereocenters. The van der Waals surface area contributed by atoms with Crippen molar-refractivity contribution >= 4 is 11.8 Å². The Kier molecular flexibility index (Phi) is 4.88. The third-order valence-electron chi connectivity index (χ3n) is 3.53. The normalized spacial score (nSPS) is 16.4. The molecular weight excluding hydrogens is 264 g/mol. The lowest BCUT2D eigenvalue weighted by Crippen LogP contribution is -2.28. The number of amides is 1. The highest BCUT2D eigenvalue weighted by molar-refractivity contribution is 5.84. The van der Waals surface area contributed by atoms with E-state index in [9.17, 15) is 4.79 Å². The first-order valence-electron chi connectivity index (χ1n) is 7.66. The Morgan fingerprint density at radius 2 is 2.10 bits per heavy atom. The van der Waals surface area contributed by atoms with Crippen LogP contribution in [0, 0.1) is 5.92 Å². The molecule has 2 N–H and O–H groups in total. The van der Waals surface area contributed by atoms with Gasteiger partial charge in [-0.2, -0.15) is 0 Å². The van der Waals surface area contributed by atoms with Crippen LogP contribution >= 0.6 is 0 Å². The molecule has 0 bridgehead atoms. The van der Waals surface area contributed by atoms with Crippen molar-refractivity contribution in [3.8, 4) is 0 Å². The number of carbonyl (C=O) groups excluding carboxylic acids is 1. The molecule has 1 saturated carbocycles.